The van der Waals surface area contributed by atoms with Crippen molar-refractivity contribution in [3.63, 3.8) is 0 Å². The van der Waals surface area contributed by atoms with Crippen LogP contribution in [0.25, 0.3) is 0 Å². The highest BCUT2D eigenvalue weighted by atomic mass is 32.1. The van der Waals surface area contributed by atoms with Gasteiger partial charge in [0.2, 0.25) is 5.91 Å². The molecule has 1 fully saturated rings. The molecule has 0 unspecified atom stereocenters. The Balaban J connectivity index is 1.56. The first kappa shape index (κ1) is 20.3. The highest BCUT2D eigenvalue weighted by Crippen LogP contribution is 2.42. The molecule has 0 atom stereocenters. The third-order valence-corrected chi connectivity index (χ3v) is 4.88. The third-order valence-electron chi connectivity index (χ3n) is 4.08. The van der Waals surface area contributed by atoms with Crippen molar-refractivity contribution in [2.75, 3.05) is 11.9 Å². The van der Waals surface area contributed by atoms with Crippen molar-refractivity contribution in [1.82, 2.24) is 14.8 Å². The number of aromatic nitrogens is 3. The fourth-order valence-corrected chi connectivity index (χ4v) is 3.38. The summed E-state index contributed by atoms with van der Waals surface area (Å²) in [5, 5.41) is 8.18. The molecule has 2 aromatic heterocycles. The molecule has 0 saturated heterocycles. The Morgan fingerprint density at radius 1 is 1.39 bits per heavy atom. The Bertz CT molecular complexity index is 858. The number of anilines is 1. The summed E-state index contributed by atoms with van der Waals surface area (Å²) >= 11 is 1.16. The van der Waals surface area contributed by atoms with Gasteiger partial charge < -0.3 is 10.1 Å². The number of nitrogens with one attached hydrogen (secondary N) is 1. The normalized spacial score (nSPS) is 14.1. The molecule has 28 heavy (non-hydrogen) atoms. The van der Waals surface area contributed by atoms with E-state index in [4.69, 9.17) is 4.74 Å². The van der Waals surface area contributed by atoms with Gasteiger partial charge in [-0.25, -0.2) is 4.98 Å². The number of hydrogen-bond acceptors (Lipinski definition) is 6. The molecule has 0 aromatic carbocycles. The summed E-state index contributed by atoms with van der Waals surface area (Å²) in [6, 6.07) is 1.07. The van der Waals surface area contributed by atoms with Crippen molar-refractivity contribution in [2.45, 2.75) is 51.2 Å². The van der Waals surface area contributed by atoms with Crippen molar-refractivity contribution < 1.29 is 27.5 Å². The number of ether oxygens (including phenoxy) is 1. The smallest absolute Gasteiger partial charge is 0.435 e. The quantitative estimate of drug-likeness (QED) is 0.667. The maximum Gasteiger partial charge on any atom is 0.435 e. The maximum atomic E-state index is 12.9. The average Bonchev–Trinajstić information content (AvgIpc) is 3.20. The average molecular weight is 416 g/mol. The summed E-state index contributed by atoms with van der Waals surface area (Å²) < 4.78 is 44.8. The van der Waals surface area contributed by atoms with E-state index in [0.29, 0.717) is 16.5 Å². The van der Waals surface area contributed by atoms with Gasteiger partial charge in [0.15, 0.2) is 10.8 Å². The van der Waals surface area contributed by atoms with E-state index in [9.17, 15) is 22.8 Å². The lowest BCUT2D eigenvalue weighted by Gasteiger charge is -2.06. The van der Waals surface area contributed by atoms with E-state index in [-0.39, 0.29) is 37.8 Å². The molecule has 1 amide bonds. The van der Waals surface area contributed by atoms with Gasteiger partial charge in [-0.05, 0) is 25.8 Å². The summed E-state index contributed by atoms with van der Waals surface area (Å²) in [4.78, 5) is 27.7. The van der Waals surface area contributed by atoms with Crippen molar-refractivity contribution in [1.29, 1.82) is 0 Å². The zero-order valence-corrected chi connectivity index (χ0v) is 15.9. The first-order valence-electron chi connectivity index (χ1n) is 8.81. The monoisotopic (exact) mass is 416 g/mol. The van der Waals surface area contributed by atoms with Gasteiger partial charge in [-0.3, -0.25) is 14.3 Å². The van der Waals surface area contributed by atoms with Gasteiger partial charge >= 0.3 is 12.1 Å². The second-order valence-electron chi connectivity index (χ2n) is 6.37. The van der Waals surface area contributed by atoms with Crippen LogP contribution in [0.4, 0.5) is 18.3 Å². The van der Waals surface area contributed by atoms with E-state index >= 15 is 0 Å². The van der Waals surface area contributed by atoms with Crippen LogP contribution < -0.4 is 5.32 Å². The molecule has 152 valence electrons. The molecule has 3 rings (SSSR count). The topological polar surface area (TPSA) is 86.1 Å². The zero-order chi connectivity index (χ0) is 20.3. The van der Waals surface area contributed by atoms with Crippen LogP contribution in [0.3, 0.4) is 0 Å². The third kappa shape index (κ3) is 5.31. The van der Waals surface area contributed by atoms with Gasteiger partial charge in [0.1, 0.15) is 0 Å². The van der Waals surface area contributed by atoms with Gasteiger partial charge in [0.05, 0.1) is 18.7 Å². The summed E-state index contributed by atoms with van der Waals surface area (Å²) in [5.74, 6) is -0.712. The first-order chi connectivity index (χ1) is 13.3. The lowest BCUT2D eigenvalue weighted by atomic mass is 10.2. The van der Waals surface area contributed by atoms with E-state index in [2.05, 4.69) is 15.4 Å². The molecule has 0 bridgehead atoms. The molecule has 2 aromatic rings. The molecule has 1 aliphatic rings. The highest BCUT2D eigenvalue weighted by molar-refractivity contribution is 7.13. The molecule has 1 saturated carbocycles. The molecular formula is C17H19F3N4O3S. The summed E-state index contributed by atoms with van der Waals surface area (Å²) in [6.07, 6.45) is -2.87. The van der Waals surface area contributed by atoms with Gasteiger partial charge in [-0.1, -0.05) is 0 Å². The fourth-order valence-electron chi connectivity index (χ4n) is 2.65. The van der Waals surface area contributed by atoms with E-state index in [0.717, 1.165) is 30.2 Å². The van der Waals surface area contributed by atoms with Crippen LogP contribution in [-0.2, 0) is 33.5 Å². The lowest BCUT2D eigenvalue weighted by molar-refractivity contribution is -0.142. The minimum Gasteiger partial charge on any atom is -0.466 e. The van der Waals surface area contributed by atoms with Crippen LogP contribution in [0.2, 0.25) is 0 Å². The maximum absolute atomic E-state index is 12.9. The number of thiazole rings is 1. The Kier molecular flexibility index (Phi) is 6.01. The number of aryl methyl sites for hydroxylation is 1. The zero-order valence-electron chi connectivity index (χ0n) is 15.1. The Labute approximate surface area is 162 Å². The molecule has 2 heterocycles. The number of nitrogens with zero attached hydrogens (tertiary/aromatic N) is 3. The molecule has 7 nitrogen and oxygen atoms in total. The van der Waals surface area contributed by atoms with Crippen molar-refractivity contribution in [3.05, 3.63) is 28.5 Å². The minimum absolute atomic E-state index is 0.0124. The molecular weight excluding hydrogens is 397 g/mol. The molecule has 1 aliphatic carbocycles. The molecule has 1 N–H and O–H groups in total. The summed E-state index contributed by atoms with van der Waals surface area (Å²) in [5.41, 5.74) is 0.0705. The number of alkyl halides is 3. The summed E-state index contributed by atoms with van der Waals surface area (Å²) in [7, 11) is 0. The van der Waals surface area contributed by atoms with Crippen LogP contribution in [0.1, 0.15) is 49.2 Å². The molecule has 0 spiro atoms. The van der Waals surface area contributed by atoms with E-state index in [1.165, 1.54) is 4.68 Å². The summed E-state index contributed by atoms with van der Waals surface area (Å²) in [6.45, 7) is 2.03. The lowest BCUT2D eigenvalue weighted by Crippen LogP contribution is -2.16. The highest BCUT2D eigenvalue weighted by Gasteiger charge is 2.37. The van der Waals surface area contributed by atoms with E-state index < -0.39 is 17.8 Å². The van der Waals surface area contributed by atoms with Crippen LogP contribution in [-0.4, -0.2) is 33.2 Å². The van der Waals surface area contributed by atoms with Gasteiger partial charge in [-0.2, -0.15) is 18.3 Å². The number of carbonyl (C=O) groups excluding carboxylic acids is 2. The van der Waals surface area contributed by atoms with E-state index in [1.54, 1.807) is 12.3 Å². The first-order valence-corrected chi connectivity index (χ1v) is 9.69. The second kappa shape index (κ2) is 8.29. The second-order valence-corrected chi connectivity index (χ2v) is 7.23. The fraction of sp³-hybridized carbons (Fsp3) is 0.529. The van der Waals surface area contributed by atoms with Gasteiger partial charge in [0, 0.05) is 30.0 Å². The number of esters is 1. The number of rotatable bonds is 8. The van der Waals surface area contributed by atoms with Crippen molar-refractivity contribution in [3.8, 4) is 0 Å². The number of hydrogen-bond donors (Lipinski definition) is 1. The number of carbonyl (C=O) groups is 2. The van der Waals surface area contributed by atoms with Crippen molar-refractivity contribution >= 4 is 28.3 Å². The molecule has 0 radical (unpaired) electrons. The minimum atomic E-state index is -4.51. The van der Waals surface area contributed by atoms with Crippen LogP contribution in [0.15, 0.2) is 11.4 Å². The predicted octanol–water partition coefficient (Wildman–Crippen LogP) is 3.37. The SMILES string of the molecule is CCOC(=O)Cc1csc(NC(=O)CCn2nc(C(F)(F)F)cc2C2CC2)n1. The Morgan fingerprint density at radius 2 is 2.14 bits per heavy atom. The van der Waals surface area contributed by atoms with Gasteiger partial charge in [0.25, 0.3) is 0 Å². The number of halogens is 3. The Morgan fingerprint density at radius 3 is 2.79 bits per heavy atom. The van der Waals surface area contributed by atoms with E-state index in [1.807, 2.05) is 0 Å². The Hall–Kier alpha value is -2.43. The van der Waals surface area contributed by atoms with Crippen LogP contribution in [0, 0.1) is 0 Å². The van der Waals surface area contributed by atoms with Crippen LogP contribution in [0.5, 0.6) is 0 Å². The largest absolute Gasteiger partial charge is 0.466 e. The van der Waals surface area contributed by atoms with Crippen LogP contribution >= 0.6 is 11.3 Å². The molecule has 11 heteroatoms. The van der Waals surface area contributed by atoms with Gasteiger partial charge in [-0.15, -0.1) is 11.3 Å². The van der Waals surface area contributed by atoms with Crippen molar-refractivity contribution in [2.24, 2.45) is 0 Å². The molecule has 0 aliphatic heterocycles. The number of amides is 1. The standard InChI is InChI=1S/C17H19F3N4O3S/c1-2-27-15(26)7-11-9-28-16(21-11)22-14(25)5-6-24-12(10-3-4-10)8-13(23-24)17(18,19)20/h8-10H,2-7H2,1H3,(H,21,22,25). The predicted molar refractivity (Wildman–Crippen MR) is 94.9 cm³/mol.